The molecule has 8 nitrogen and oxygen atoms in total. The van der Waals surface area contributed by atoms with E-state index in [9.17, 15) is 0 Å². The van der Waals surface area contributed by atoms with Crippen molar-refractivity contribution in [3.8, 4) is 0 Å². The van der Waals surface area contributed by atoms with E-state index in [0.717, 1.165) is 48.4 Å². The number of halogens is 2. The van der Waals surface area contributed by atoms with Crippen LogP contribution in [-0.2, 0) is 0 Å². The Bertz CT molecular complexity index is 1050. The molecule has 2 aromatic carbocycles. The van der Waals surface area contributed by atoms with Crippen LogP contribution in [0.25, 0.3) is 0 Å². The minimum Gasteiger partial charge on any atom is -0.353 e. The largest absolute Gasteiger partial charge is 0.353 e. The number of hydrogen-bond donors (Lipinski definition) is 4. The molecular formula is C22H22Cl2N8. The summed E-state index contributed by atoms with van der Waals surface area (Å²) in [4.78, 5) is 8.62. The van der Waals surface area contributed by atoms with Crippen LogP contribution in [0, 0.1) is 0 Å². The Morgan fingerprint density at radius 3 is 1.66 bits per heavy atom. The van der Waals surface area contributed by atoms with E-state index in [4.69, 9.17) is 23.2 Å². The maximum absolute atomic E-state index is 6.71. The predicted octanol–water partition coefficient (Wildman–Crippen LogP) is 2.64. The number of fused-ring (bicyclic) bond motifs is 2. The van der Waals surface area contributed by atoms with Gasteiger partial charge in [0.05, 0.1) is 13.1 Å². The summed E-state index contributed by atoms with van der Waals surface area (Å²) >= 11 is 13.4. The standard InChI is InChI=1S/C22H22Cl2N8/c23-17-5-1-3-13-15(11-29-31-21-25-7-8-26-21)20-14(4-2-6-18(20)24)16(19(13)17)12-30-32-22-27-9-10-28-22/h1-6,11-12,15-16H,7-10H2,(H2,25,26,31)(H2,27,28,32)/b29-11+,30-12+. The van der Waals surface area contributed by atoms with E-state index < -0.39 is 0 Å². The fraction of sp³-hybridized carbons (Fsp3) is 0.273. The first kappa shape index (κ1) is 20.8. The van der Waals surface area contributed by atoms with Gasteiger partial charge in [-0.05, 0) is 34.4 Å². The second kappa shape index (κ2) is 9.18. The zero-order chi connectivity index (χ0) is 21.9. The van der Waals surface area contributed by atoms with Gasteiger partial charge in [-0.25, -0.2) is 20.8 Å². The van der Waals surface area contributed by atoms with Crippen molar-refractivity contribution in [1.82, 2.24) is 21.5 Å². The SMILES string of the molecule is Clc1cccc2c1C(/C=N/NC1=NCCN1)c1cccc(Cl)c1C2/C=N/NC1=NCCN1. The maximum atomic E-state index is 6.71. The summed E-state index contributed by atoms with van der Waals surface area (Å²) in [6.07, 6.45) is 3.70. The highest BCUT2D eigenvalue weighted by Gasteiger charge is 2.34. The zero-order valence-electron chi connectivity index (χ0n) is 17.1. The molecule has 2 aromatic rings. The fourth-order valence-corrected chi connectivity index (χ4v) is 4.82. The van der Waals surface area contributed by atoms with Gasteiger partial charge in [-0.2, -0.15) is 10.2 Å². The molecule has 0 radical (unpaired) electrons. The summed E-state index contributed by atoms with van der Waals surface area (Å²) in [6.45, 7) is 3.10. The first-order valence-corrected chi connectivity index (χ1v) is 11.2. The molecule has 0 aromatic heterocycles. The van der Waals surface area contributed by atoms with Gasteiger partial charge in [0.1, 0.15) is 0 Å². The fourth-order valence-electron chi connectivity index (χ4n) is 4.22. The minimum absolute atomic E-state index is 0.166. The van der Waals surface area contributed by atoms with Crippen LogP contribution in [0.5, 0.6) is 0 Å². The quantitative estimate of drug-likeness (QED) is 0.409. The third kappa shape index (κ3) is 4.03. The molecule has 5 rings (SSSR count). The Hall–Kier alpha value is -3.10. The normalized spacial score (nSPS) is 21.6. The van der Waals surface area contributed by atoms with Crippen molar-refractivity contribution in [2.75, 3.05) is 26.2 Å². The average Bonchev–Trinajstić information content (AvgIpc) is 3.50. The van der Waals surface area contributed by atoms with Gasteiger partial charge in [0.2, 0.25) is 11.9 Å². The molecule has 2 unspecified atom stereocenters. The van der Waals surface area contributed by atoms with Crippen LogP contribution in [0.1, 0.15) is 34.1 Å². The molecule has 0 bridgehead atoms. The molecule has 2 atom stereocenters. The van der Waals surface area contributed by atoms with Crippen molar-refractivity contribution in [3.05, 3.63) is 68.7 Å². The van der Waals surface area contributed by atoms with Gasteiger partial charge in [-0.3, -0.25) is 0 Å². The highest BCUT2D eigenvalue weighted by atomic mass is 35.5. The van der Waals surface area contributed by atoms with E-state index in [1.165, 1.54) is 0 Å². The molecule has 1 aliphatic carbocycles. The van der Waals surface area contributed by atoms with Crippen molar-refractivity contribution in [2.24, 2.45) is 20.2 Å². The second-order valence-electron chi connectivity index (χ2n) is 7.53. The lowest BCUT2D eigenvalue weighted by Gasteiger charge is -2.32. The average molecular weight is 469 g/mol. The highest BCUT2D eigenvalue weighted by Crippen LogP contribution is 2.46. The molecule has 32 heavy (non-hydrogen) atoms. The summed E-state index contributed by atoms with van der Waals surface area (Å²) in [5, 5.41) is 16.5. The number of nitrogens with zero attached hydrogens (tertiary/aromatic N) is 4. The van der Waals surface area contributed by atoms with Gasteiger partial charge in [0, 0.05) is 47.4 Å². The second-order valence-corrected chi connectivity index (χ2v) is 8.35. The lowest BCUT2D eigenvalue weighted by molar-refractivity contribution is 0.882. The Labute approximate surface area is 195 Å². The number of hydrazone groups is 2. The summed E-state index contributed by atoms with van der Waals surface area (Å²) in [5.41, 5.74) is 10.0. The summed E-state index contributed by atoms with van der Waals surface area (Å²) in [6, 6.07) is 11.8. The number of rotatable bonds is 4. The van der Waals surface area contributed by atoms with Crippen molar-refractivity contribution >= 4 is 47.6 Å². The molecule has 0 fully saturated rings. The number of hydrogen-bond acceptors (Lipinski definition) is 8. The Kier molecular flexibility index (Phi) is 5.96. The molecule has 0 saturated heterocycles. The molecule has 0 spiro atoms. The van der Waals surface area contributed by atoms with E-state index in [0.29, 0.717) is 22.0 Å². The monoisotopic (exact) mass is 468 g/mol. The van der Waals surface area contributed by atoms with Crippen LogP contribution in [0.3, 0.4) is 0 Å². The summed E-state index contributed by atoms with van der Waals surface area (Å²) in [5.74, 6) is 1.00. The molecule has 4 N–H and O–H groups in total. The molecule has 2 heterocycles. The smallest absolute Gasteiger partial charge is 0.212 e. The maximum Gasteiger partial charge on any atom is 0.212 e. The van der Waals surface area contributed by atoms with Crippen LogP contribution < -0.4 is 21.5 Å². The lowest BCUT2D eigenvalue weighted by Crippen LogP contribution is -2.31. The minimum atomic E-state index is -0.166. The van der Waals surface area contributed by atoms with Crippen molar-refractivity contribution < 1.29 is 0 Å². The zero-order valence-corrected chi connectivity index (χ0v) is 18.7. The van der Waals surface area contributed by atoms with Crippen molar-refractivity contribution in [2.45, 2.75) is 11.8 Å². The van der Waals surface area contributed by atoms with Crippen LogP contribution in [-0.4, -0.2) is 50.5 Å². The number of benzene rings is 2. The van der Waals surface area contributed by atoms with E-state index >= 15 is 0 Å². The van der Waals surface area contributed by atoms with E-state index in [1.807, 2.05) is 36.7 Å². The van der Waals surface area contributed by atoms with E-state index in [2.05, 4.69) is 53.8 Å². The molecule has 2 aliphatic heterocycles. The van der Waals surface area contributed by atoms with Crippen molar-refractivity contribution in [1.29, 1.82) is 0 Å². The number of nitrogens with one attached hydrogen (secondary N) is 4. The summed E-state index contributed by atoms with van der Waals surface area (Å²) in [7, 11) is 0. The van der Waals surface area contributed by atoms with E-state index in [-0.39, 0.29) is 11.8 Å². The van der Waals surface area contributed by atoms with Gasteiger partial charge in [-0.15, -0.1) is 0 Å². The van der Waals surface area contributed by atoms with Gasteiger partial charge >= 0.3 is 0 Å². The predicted molar refractivity (Wildman–Crippen MR) is 130 cm³/mol. The number of aliphatic imine (C=N–C) groups is 2. The highest BCUT2D eigenvalue weighted by molar-refractivity contribution is 6.33. The van der Waals surface area contributed by atoms with Crippen LogP contribution in [0.2, 0.25) is 10.0 Å². The molecule has 164 valence electrons. The third-order valence-corrected chi connectivity index (χ3v) is 6.26. The molecule has 0 saturated carbocycles. The van der Waals surface area contributed by atoms with Crippen molar-refractivity contribution in [3.63, 3.8) is 0 Å². The van der Waals surface area contributed by atoms with Crippen LogP contribution in [0.15, 0.2) is 56.6 Å². The first-order chi connectivity index (χ1) is 15.7. The van der Waals surface area contributed by atoms with Gasteiger partial charge in [-0.1, -0.05) is 47.5 Å². The van der Waals surface area contributed by atoms with Gasteiger partial charge in [0.25, 0.3) is 0 Å². The molecule has 0 amide bonds. The third-order valence-electron chi connectivity index (χ3n) is 5.60. The van der Waals surface area contributed by atoms with Crippen LogP contribution in [0.4, 0.5) is 0 Å². The van der Waals surface area contributed by atoms with E-state index in [1.54, 1.807) is 0 Å². The Morgan fingerprint density at radius 1 is 0.781 bits per heavy atom. The Morgan fingerprint density at radius 2 is 1.25 bits per heavy atom. The molecule has 3 aliphatic rings. The van der Waals surface area contributed by atoms with Gasteiger partial charge < -0.3 is 10.6 Å². The molecule has 10 heteroatoms. The first-order valence-electron chi connectivity index (χ1n) is 10.4. The summed E-state index contributed by atoms with van der Waals surface area (Å²) < 4.78 is 0. The topological polar surface area (TPSA) is 97.6 Å². The molecular weight excluding hydrogens is 447 g/mol. The Balaban J connectivity index is 1.53. The van der Waals surface area contributed by atoms with Gasteiger partial charge in [0.15, 0.2) is 0 Å². The number of guanidine groups is 2. The van der Waals surface area contributed by atoms with Crippen LogP contribution >= 0.6 is 23.2 Å². The lowest BCUT2D eigenvalue weighted by atomic mass is 9.73.